The first-order valence-corrected chi connectivity index (χ1v) is 9.56. The van der Waals surface area contributed by atoms with Crippen molar-refractivity contribution in [1.82, 2.24) is 9.55 Å². The summed E-state index contributed by atoms with van der Waals surface area (Å²) in [6.45, 7) is 0. The van der Waals surface area contributed by atoms with Crippen LogP contribution in [-0.2, 0) is 14.6 Å². The molecule has 0 bridgehead atoms. The van der Waals surface area contributed by atoms with Crippen LogP contribution in [0.4, 0.5) is 4.39 Å². The van der Waals surface area contributed by atoms with E-state index >= 15 is 0 Å². The first kappa shape index (κ1) is 20.2. The van der Waals surface area contributed by atoms with Crippen molar-refractivity contribution in [3.63, 3.8) is 0 Å². The molecule has 12 heteroatoms. The van der Waals surface area contributed by atoms with Crippen LogP contribution >= 0.6 is 0 Å². The summed E-state index contributed by atoms with van der Waals surface area (Å²) in [5.41, 5.74) is -4.41. The monoisotopic (exact) mass is 416 g/mol. The van der Waals surface area contributed by atoms with Crippen LogP contribution in [0.1, 0.15) is 6.23 Å². The molecule has 5 atom stereocenters. The van der Waals surface area contributed by atoms with E-state index in [1.807, 2.05) is 4.98 Å². The number of methoxy groups -OCH3 is 1. The highest BCUT2D eigenvalue weighted by Gasteiger charge is 2.51. The van der Waals surface area contributed by atoms with E-state index in [1.54, 1.807) is 0 Å². The zero-order valence-electron chi connectivity index (χ0n) is 14.4. The van der Waals surface area contributed by atoms with Gasteiger partial charge in [-0.25, -0.2) is 17.6 Å². The lowest BCUT2D eigenvalue weighted by molar-refractivity contribution is -0.0516. The Balaban J connectivity index is 1.90. The lowest BCUT2D eigenvalue weighted by Crippen LogP contribution is -2.40. The molecule has 1 aliphatic rings. The van der Waals surface area contributed by atoms with Crippen molar-refractivity contribution in [2.75, 3.05) is 7.11 Å². The smallest absolute Gasteiger partial charge is 0.330 e. The van der Waals surface area contributed by atoms with Crippen molar-refractivity contribution in [3.8, 4) is 5.75 Å². The average Bonchev–Trinajstić information content (AvgIpc) is 2.96. The summed E-state index contributed by atoms with van der Waals surface area (Å²) in [5, 5.41) is 20.2. The fourth-order valence-electron chi connectivity index (χ4n) is 2.83. The summed E-state index contributed by atoms with van der Waals surface area (Å²) in [5.74, 6) is 0.361. The molecule has 1 saturated heterocycles. The minimum atomic E-state index is -4.59. The normalized spacial score (nSPS) is 26.1. The molecule has 152 valence electrons. The number of aliphatic hydroxyl groups excluding tert-OH is 2. The first-order valence-electron chi connectivity index (χ1n) is 8.02. The number of alkyl halides is 1. The molecule has 0 amide bonds. The second kappa shape index (κ2) is 7.47. The van der Waals surface area contributed by atoms with Crippen LogP contribution in [0.25, 0.3) is 0 Å². The highest BCUT2D eigenvalue weighted by Crippen LogP contribution is 2.34. The summed E-state index contributed by atoms with van der Waals surface area (Å²) in [6.07, 6.45) is -6.32. The van der Waals surface area contributed by atoms with Crippen LogP contribution in [0, 0.1) is 0 Å². The molecule has 0 saturated carbocycles. The molecule has 28 heavy (non-hydrogen) atoms. The molecule has 1 aliphatic heterocycles. The summed E-state index contributed by atoms with van der Waals surface area (Å²) in [6, 6.07) is 5.86. The fourth-order valence-corrected chi connectivity index (χ4v) is 4.19. The van der Waals surface area contributed by atoms with Crippen LogP contribution in [0.5, 0.6) is 5.75 Å². The van der Waals surface area contributed by atoms with Crippen molar-refractivity contribution in [3.05, 3.63) is 57.4 Å². The van der Waals surface area contributed by atoms with E-state index in [4.69, 9.17) is 9.47 Å². The second-order valence-electron chi connectivity index (χ2n) is 6.06. The minimum absolute atomic E-state index is 0.361. The molecule has 0 spiro atoms. The van der Waals surface area contributed by atoms with Gasteiger partial charge in [0.1, 0.15) is 24.1 Å². The molecule has 3 N–H and O–H groups in total. The van der Waals surface area contributed by atoms with Gasteiger partial charge in [-0.1, -0.05) is 0 Å². The van der Waals surface area contributed by atoms with Gasteiger partial charge in [0.2, 0.25) is 15.3 Å². The van der Waals surface area contributed by atoms with E-state index in [-0.39, 0.29) is 4.90 Å². The zero-order valence-corrected chi connectivity index (χ0v) is 15.2. The predicted octanol–water partition coefficient (Wildman–Crippen LogP) is -1.07. The van der Waals surface area contributed by atoms with Crippen LogP contribution in [0.15, 0.2) is 51.0 Å². The predicted molar refractivity (Wildman–Crippen MR) is 92.3 cm³/mol. The standard InChI is InChI=1S/C16H17FN2O8S/c1-26-8-2-4-9(5-3-8)28(24,25)14(17)13-11(21)12(22)15(27-13)19-7-6-10(20)18-16(19)23/h2-7,11-15,21-22H,1H3,(H,18,20,23)/t11-,12+,13-,14?,15+/m0/s1. The van der Waals surface area contributed by atoms with Crippen molar-refractivity contribution in [2.45, 2.75) is 34.9 Å². The molecule has 1 aromatic heterocycles. The molecule has 2 heterocycles. The van der Waals surface area contributed by atoms with Crippen LogP contribution in [-0.4, -0.2) is 59.1 Å². The van der Waals surface area contributed by atoms with Crippen molar-refractivity contribution < 1.29 is 32.5 Å². The number of H-pyrrole nitrogens is 1. The Kier molecular flexibility index (Phi) is 5.39. The number of aromatic nitrogens is 2. The van der Waals surface area contributed by atoms with Crippen molar-refractivity contribution >= 4 is 9.84 Å². The summed E-state index contributed by atoms with van der Waals surface area (Å²) in [7, 11) is -3.21. The number of rotatable bonds is 5. The molecule has 0 aliphatic carbocycles. The number of nitrogens with one attached hydrogen (secondary N) is 1. The Hall–Kier alpha value is -2.54. The number of benzene rings is 1. The first-order chi connectivity index (χ1) is 13.2. The van der Waals surface area contributed by atoms with Gasteiger partial charge < -0.3 is 19.7 Å². The van der Waals surface area contributed by atoms with E-state index in [9.17, 15) is 32.6 Å². The third kappa shape index (κ3) is 3.46. The van der Waals surface area contributed by atoms with Crippen LogP contribution in [0.3, 0.4) is 0 Å². The number of nitrogens with zero attached hydrogens (tertiary/aromatic N) is 1. The summed E-state index contributed by atoms with van der Waals surface area (Å²) >= 11 is 0. The minimum Gasteiger partial charge on any atom is -0.497 e. The highest BCUT2D eigenvalue weighted by atomic mass is 32.2. The molecule has 0 radical (unpaired) electrons. The molecule has 3 rings (SSSR count). The highest BCUT2D eigenvalue weighted by molar-refractivity contribution is 7.92. The number of halogens is 1. The Morgan fingerprint density at radius 1 is 1.18 bits per heavy atom. The van der Waals surface area contributed by atoms with Gasteiger partial charge in [0.05, 0.1) is 12.0 Å². The Labute approximate surface area is 157 Å². The Morgan fingerprint density at radius 2 is 1.82 bits per heavy atom. The molecular formula is C16H17FN2O8S. The number of sulfone groups is 1. The van der Waals surface area contributed by atoms with Gasteiger partial charge in [0, 0.05) is 12.3 Å². The zero-order chi connectivity index (χ0) is 20.6. The Morgan fingerprint density at radius 3 is 2.39 bits per heavy atom. The summed E-state index contributed by atoms with van der Waals surface area (Å²) in [4.78, 5) is 24.5. The van der Waals surface area contributed by atoms with Crippen LogP contribution in [0.2, 0.25) is 0 Å². The molecule has 1 fully saturated rings. The maximum atomic E-state index is 14.9. The number of aliphatic hydroxyl groups is 2. The number of hydrogen-bond acceptors (Lipinski definition) is 8. The second-order valence-corrected chi connectivity index (χ2v) is 8.07. The van der Waals surface area contributed by atoms with Gasteiger partial charge in [-0.05, 0) is 24.3 Å². The third-order valence-electron chi connectivity index (χ3n) is 4.34. The average molecular weight is 416 g/mol. The van der Waals surface area contributed by atoms with Crippen molar-refractivity contribution in [2.24, 2.45) is 0 Å². The number of ether oxygens (including phenoxy) is 2. The fraction of sp³-hybridized carbons (Fsp3) is 0.375. The Bertz CT molecular complexity index is 1070. The van der Waals surface area contributed by atoms with E-state index in [2.05, 4.69) is 0 Å². The lowest BCUT2D eigenvalue weighted by Gasteiger charge is -2.19. The largest absolute Gasteiger partial charge is 0.497 e. The van der Waals surface area contributed by atoms with E-state index in [0.29, 0.717) is 5.75 Å². The lowest BCUT2D eigenvalue weighted by atomic mass is 10.1. The van der Waals surface area contributed by atoms with Crippen molar-refractivity contribution in [1.29, 1.82) is 0 Å². The third-order valence-corrected chi connectivity index (χ3v) is 6.13. The van der Waals surface area contributed by atoms with Gasteiger partial charge in [0.25, 0.3) is 5.56 Å². The van der Waals surface area contributed by atoms with Gasteiger partial charge in [-0.2, -0.15) is 0 Å². The van der Waals surface area contributed by atoms with Crippen LogP contribution < -0.4 is 16.0 Å². The van der Waals surface area contributed by atoms with E-state index in [0.717, 1.165) is 29.0 Å². The molecule has 1 unspecified atom stereocenters. The van der Waals surface area contributed by atoms with E-state index < -0.39 is 51.1 Å². The maximum absolute atomic E-state index is 14.9. The van der Waals surface area contributed by atoms with E-state index in [1.165, 1.54) is 19.2 Å². The number of aromatic amines is 1. The number of hydrogen-bond donors (Lipinski definition) is 3. The maximum Gasteiger partial charge on any atom is 0.330 e. The molecular weight excluding hydrogens is 399 g/mol. The van der Waals surface area contributed by atoms with Gasteiger partial charge in [-0.3, -0.25) is 14.3 Å². The SMILES string of the molecule is COc1ccc(S(=O)(=O)C(F)[C@H]2O[C@@H](n3ccc(=O)[nH]c3=O)[C@H](O)[C@@H]2O)cc1. The topological polar surface area (TPSA) is 148 Å². The summed E-state index contributed by atoms with van der Waals surface area (Å²) < 4.78 is 50.7. The molecule has 1 aromatic carbocycles. The van der Waals surface area contributed by atoms with Gasteiger partial charge in [-0.15, -0.1) is 0 Å². The molecule has 2 aromatic rings. The van der Waals surface area contributed by atoms with Gasteiger partial charge in [0.15, 0.2) is 6.23 Å². The molecule has 10 nitrogen and oxygen atoms in total. The quantitative estimate of drug-likeness (QED) is 0.558. The van der Waals surface area contributed by atoms with Gasteiger partial charge >= 0.3 is 5.69 Å².